The van der Waals surface area contributed by atoms with Gasteiger partial charge in [-0.1, -0.05) is 48.5 Å². The van der Waals surface area contributed by atoms with Crippen LogP contribution in [-0.4, -0.2) is 106 Å². The average molecular weight is 756 g/mol. The fraction of sp³-hybridized carbons (Fsp3) is 0.512. The molecule has 0 bridgehead atoms. The molecule has 2 aromatic carbocycles. The van der Waals surface area contributed by atoms with Gasteiger partial charge in [0.1, 0.15) is 48.2 Å². The van der Waals surface area contributed by atoms with Gasteiger partial charge in [0.15, 0.2) is 0 Å². The fourth-order valence-corrected chi connectivity index (χ4v) is 8.52. The minimum atomic E-state index is -1.07. The summed E-state index contributed by atoms with van der Waals surface area (Å²) in [6, 6.07) is 20.4. The Labute approximate surface area is 322 Å². The topological polar surface area (TPSA) is 121 Å². The summed E-state index contributed by atoms with van der Waals surface area (Å²) in [5, 5.41) is 15.7. The molecule has 2 N–H and O–H groups in total. The van der Waals surface area contributed by atoms with Gasteiger partial charge < -0.3 is 29.2 Å². The molecule has 12 heteroatoms. The van der Waals surface area contributed by atoms with E-state index in [9.17, 15) is 19.1 Å². The predicted molar refractivity (Wildman–Crippen MR) is 207 cm³/mol. The van der Waals surface area contributed by atoms with Crippen LogP contribution in [0.4, 0.5) is 4.39 Å². The highest BCUT2D eigenvalue weighted by Crippen LogP contribution is 2.48. The van der Waals surface area contributed by atoms with Crippen molar-refractivity contribution in [2.24, 2.45) is 5.92 Å². The first kappa shape index (κ1) is 38.9. The molecule has 7 rings (SSSR count). The lowest BCUT2D eigenvalue weighted by Crippen LogP contribution is -2.65. The fourth-order valence-electron chi connectivity index (χ4n) is 8.52. The summed E-state index contributed by atoms with van der Waals surface area (Å²) in [5.74, 6) is 0.472. The second-order valence-corrected chi connectivity index (χ2v) is 16.9. The Morgan fingerprint density at radius 1 is 1.05 bits per heavy atom. The lowest BCUT2D eigenvalue weighted by atomic mass is 9.89. The zero-order chi connectivity index (χ0) is 39.1. The molecule has 4 aromatic rings. The molecule has 11 nitrogen and oxygen atoms in total. The van der Waals surface area contributed by atoms with Gasteiger partial charge in [-0.05, 0) is 78.1 Å². The number of aromatic nitrogens is 1. The number of alkyl halides is 1. The van der Waals surface area contributed by atoms with Crippen LogP contribution in [0, 0.1) is 5.92 Å². The number of carbonyl (C=O) groups excluding carboxylic acids is 2. The molecule has 0 aliphatic carbocycles. The second kappa shape index (κ2) is 15.3. The van der Waals surface area contributed by atoms with Gasteiger partial charge in [-0.3, -0.25) is 24.4 Å². The Bertz CT molecular complexity index is 1950. The highest BCUT2D eigenvalue weighted by atomic mass is 19.1. The molecule has 5 atom stereocenters. The number of aliphatic hydroxyl groups excluding tert-OH is 1. The molecule has 3 aliphatic rings. The van der Waals surface area contributed by atoms with E-state index in [1.807, 2.05) is 90.4 Å². The van der Waals surface area contributed by atoms with Gasteiger partial charge in [0, 0.05) is 55.4 Å². The number of aliphatic hydroxyl groups is 1. The Kier molecular flexibility index (Phi) is 10.8. The SMILES string of the molecule is CC(C)(CF)NC(=O)[C@@H]1CN(C(C)(C)c2cc3cnccc3o2)CCN1C[C@@H](O)CC(Cc1ccccc1)C(=O)N1[C@H]2c3ccccc3OC[C@H]2OC1(C)C. The van der Waals surface area contributed by atoms with Crippen molar-refractivity contribution in [1.29, 1.82) is 0 Å². The summed E-state index contributed by atoms with van der Waals surface area (Å²) in [5.41, 5.74) is 0.0529. The lowest BCUT2D eigenvalue weighted by Gasteiger charge is -2.47. The molecule has 2 amide bonds. The number of nitrogens with one attached hydrogen (secondary N) is 1. The van der Waals surface area contributed by atoms with Crippen molar-refractivity contribution in [2.45, 2.75) is 95.5 Å². The van der Waals surface area contributed by atoms with Crippen LogP contribution in [0.5, 0.6) is 5.75 Å². The summed E-state index contributed by atoms with van der Waals surface area (Å²) in [4.78, 5) is 39.2. The molecule has 2 fully saturated rings. The Morgan fingerprint density at radius 2 is 1.80 bits per heavy atom. The van der Waals surface area contributed by atoms with Crippen LogP contribution in [0.15, 0.2) is 83.5 Å². The molecule has 1 unspecified atom stereocenters. The summed E-state index contributed by atoms with van der Waals surface area (Å²) in [6.07, 6.45) is 2.76. The first-order valence-corrected chi connectivity index (χ1v) is 19.3. The van der Waals surface area contributed by atoms with E-state index in [0.717, 1.165) is 33.6 Å². The summed E-state index contributed by atoms with van der Waals surface area (Å²) in [7, 11) is 0. The molecular weight excluding hydrogens is 702 g/mol. The third-order valence-corrected chi connectivity index (χ3v) is 11.5. The van der Waals surface area contributed by atoms with E-state index in [0.29, 0.717) is 32.7 Å². The molecule has 0 radical (unpaired) electrons. The number of para-hydroxylation sites is 1. The minimum Gasteiger partial charge on any atom is -0.490 e. The van der Waals surface area contributed by atoms with Gasteiger partial charge in [0.25, 0.3) is 0 Å². The van der Waals surface area contributed by atoms with E-state index in [1.165, 1.54) is 0 Å². The Morgan fingerprint density at radius 3 is 2.55 bits per heavy atom. The number of fused-ring (bicyclic) bond motifs is 4. The molecule has 3 aliphatic heterocycles. The normalized spacial score (nSPS) is 22.8. The van der Waals surface area contributed by atoms with Crippen molar-refractivity contribution in [3.8, 4) is 5.75 Å². The van der Waals surface area contributed by atoms with Crippen molar-refractivity contribution in [3.63, 3.8) is 0 Å². The maximum atomic E-state index is 14.9. The smallest absolute Gasteiger partial charge is 0.239 e. The largest absolute Gasteiger partial charge is 0.490 e. The van der Waals surface area contributed by atoms with Crippen molar-refractivity contribution in [1.82, 2.24) is 25.0 Å². The molecule has 2 saturated heterocycles. The lowest BCUT2D eigenvalue weighted by molar-refractivity contribution is -0.153. The van der Waals surface area contributed by atoms with Crippen molar-refractivity contribution >= 4 is 22.8 Å². The summed E-state index contributed by atoms with van der Waals surface area (Å²) in [6.45, 7) is 12.4. The first-order chi connectivity index (χ1) is 26.2. The quantitative estimate of drug-likeness (QED) is 0.190. The molecule has 0 spiro atoms. The van der Waals surface area contributed by atoms with Crippen LogP contribution >= 0.6 is 0 Å². The maximum absolute atomic E-state index is 14.9. The number of pyridine rings is 1. The van der Waals surface area contributed by atoms with Crippen LogP contribution < -0.4 is 10.1 Å². The number of benzene rings is 2. The maximum Gasteiger partial charge on any atom is 0.239 e. The second-order valence-electron chi connectivity index (χ2n) is 16.9. The summed E-state index contributed by atoms with van der Waals surface area (Å²) < 4.78 is 32.8. The number of nitrogens with zero attached hydrogens (tertiary/aromatic N) is 4. The Balaban J connectivity index is 1.13. The van der Waals surface area contributed by atoms with E-state index < -0.39 is 41.5 Å². The van der Waals surface area contributed by atoms with Crippen molar-refractivity contribution in [2.75, 3.05) is 39.5 Å². The molecule has 2 aromatic heterocycles. The van der Waals surface area contributed by atoms with E-state index in [-0.39, 0.29) is 36.9 Å². The standard InChI is InChI=1S/C43H54FN5O6/c1-41(2,27-44)46-39(51)33-25-48(42(3,4)37-22-30-23-45-17-16-34(30)54-37)19-18-47(33)24-31(50)21-29(20-28-12-8-7-9-13-28)40(52)49-38-32-14-10-11-15-35(32)53-26-36(38)55-43(49,5)6/h7-17,22-23,29,31,33,36,38,50H,18-21,24-27H2,1-6H3,(H,46,51)/t29?,31-,33-,36+,38-/m0/s1. The van der Waals surface area contributed by atoms with E-state index in [4.69, 9.17) is 13.9 Å². The number of halogens is 1. The number of hydrogen-bond donors (Lipinski definition) is 2. The molecule has 294 valence electrons. The van der Waals surface area contributed by atoms with Crippen LogP contribution in [0.25, 0.3) is 11.0 Å². The zero-order valence-electron chi connectivity index (χ0n) is 32.7. The molecular formula is C43H54FN5O6. The van der Waals surface area contributed by atoms with E-state index in [2.05, 4.69) is 29.0 Å². The molecule has 0 saturated carbocycles. The molecule has 55 heavy (non-hydrogen) atoms. The van der Waals surface area contributed by atoms with E-state index >= 15 is 0 Å². The number of amides is 2. The van der Waals surface area contributed by atoms with Crippen LogP contribution in [0.2, 0.25) is 0 Å². The molecule has 5 heterocycles. The number of hydrogen-bond acceptors (Lipinski definition) is 9. The number of piperazine rings is 1. The van der Waals surface area contributed by atoms with E-state index in [1.54, 1.807) is 26.2 Å². The summed E-state index contributed by atoms with van der Waals surface area (Å²) >= 11 is 0. The third kappa shape index (κ3) is 8.00. The Hall–Kier alpha value is -4.36. The van der Waals surface area contributed by atoms with Gasteiger partial charge in [-0.25, -0.2) is 4.39 Å². The van der Waals surface area contributed by atoms with Crippen LogP contribution in [0.3, 0.4) is 0 Å². The zero-order valence-corrected chi connectivity index (χ0v) is 32.7. The number of furan rings is 1. The van der Waals surface area contributed by atoms with Crippen LogP contribution in [0.1, 0.15) is 70.9 Å². The number of ether oxygens (including phenoxy) is 2. The number of rotatable bonds is 12. The highest BCUT2D eigenvalue weighted by Gasteiger charge is 2.54. The van der Waals surface area contributed by atoms with Gasteiger partial charge in [-0.15, -0.1) is 0 Å². The first-order valence-electron chi connectivity index (χ1n) is 19.3. The number of carbonyl (C=O) groups is 2. The van der Waals surface area contributed by atoms with Crippen LogP contribution in [-0.2, 0) is 26.3 Å². The van der Waals surface area contributed by atoms with Gasteiger partial charge >= 0.3 is 0 Å². The van der Waals surface area contributed by atoms with Gasteiger partial charge in [0.05, 0.1) is 23.2 Å². The predicted octanol–water partition coefficient (Wildman–Crippen LogP) is 5.62. The van der Waals surface area contributed by atoms with Crippen molar-refractivity contribution < 1.29 is 33.0 Å². The third-order valence-electron chi connectivity index (χ3n) is 11.5. The highest BCUT2D eigenvalue weighted by molar-refractivity contribution is 5.83. The minimum absolute atomic E-state index is 0.108. The van der Waals surface area contributed by atoms with Gasteiger partial charge in [0.2, 0.25) is 11.8 Å². The van der Waals surface area contributed by atoms with Gasteiger partial charge in [-0.2, -0.15) is 0 Å². The van der Waals surface area contributed by atoms with Crippen molar-refractivity contribution in [3.05, 3.63) is 96.0 Å². The number of β-amino-alcohol motifs (C(OH)–C–C–N with tert-alkyl or cyclic N) is 1. The monoisotopic (exact) mass is 755 g/mol. The average Bonchev–Trinajstić information content (AvgIpc) is 3.73.